The van der Waals surface area contributed by atoms with Gasteiger partial charge < -0.3 is 5.32 Å². The van der Waals surface area contributed by atoms with E-state index in [-0.39, 0.29) is 22.8 Å². The molecule has 2 aromatic carbocycles. The van der Waals surface area contributed by atoms with Crippen molar-refractivity contribution in [2.24, 2.45) is 0 Å². The van der Waals surface area contributed by atoms with Crippen LogP contribution in [0.15, 0.2) is 41.3 Å². The van der Waals surface area contributed by atoms with Gasteiger partial charge in [0.25, 0.3) is 5.91 Å². The van der Waals surface area contributed by atoms with Gasteiger partial charge in [0, 0.05) is 10.6 Å². The lowest BCUT2D eigenvalue weighted by Crippen LogP contribution is -2.31. The first-order valence-electron chi connectivity index (χ1n) is 6.73. The van der Waals surface area contributed by atoms with Gasteiger partial charge in [-0.1, -0.05) is 29.3 Å². The Balaban J connectivity index is 1.87. The fraction of sp³-hybridized carbons (Fsp3) is 0.188. The van der Waals surface area contributed by atoms with E-state index in [1.165, 1.54) is 12.1 Å². The van der Waals surface area contributed by atoms with Crippen LogP contribution in [0, 0.1) is 5.82 Å². The highest BCUT2D eigenvalue weighted by atomic mass is 35.5. The molecule has 0 spiro atoms. The highest BCUT2D eigenvalue weighted by Crippen LogP contribution is 2.37. The number of hydrogen-bond acceptors (Lipinski definition) is 2. The predicted molar refractivity (Wildman–Crippen MR) is 88.4 cm³/mol. The average Bonchev–Trinajstić information content (AvgIpc) is 2.50. The molecule has 114 valence electrons. The highest BCUT2D eigenvalue weighted by molar-refractivity contribution is 7.99. The van der Waals surface area contributed by atoms with Crippen LogP contribution in [0.1, 0.15) is 28.4 Å². The molecule has 0 saturated heterocycles. The van der Waals surface area contributed by atoms with E-state index in [1.54, 1.807) is 36.0 Å². The molecular formula is C16H12Cl2FNOS. The van der Waals surface area contributed by atoms with Crippen molar-refractivity contribution in [2.45, 2.75) is 17.4 Å². The number of halogens is 3. The molecule has 1 N–H and O–H groups in total. The third-order valence-electron chi connectivity index (χ3n) is 3.51. The van der Waals surface area contributed by atoms with E-state index in [1.807, 2.05) is 0 Å². The molecule has 0 bridgehead atoms. The van der Waals surface area contributed by atoms with Gasteiger partial charge in [0.1, 0.15) is 5.82 Å². The van der Waals surface area contributed by atoms with Gasteiger partial charge >= 0.3 is 0 Å². The summed E-state index contributed by atoms with van der Waals surface area (Å²) in [4.78, 5) is 13.4. The second-order valence-corrected chi connectivity index (χ2v) is 6.87. The minimum Gasteiger partial charge on any atom is -0.345 e. The number of benzene rings is 2. The first kappa shape index (κ1) is 15.7. The number of carbonyl (C=O) groups is 1. The largest absolute Gasteiger partial charge is 0.345 e. The first-order chi connectivity index (χ1) is 10.6. The maximum absolute atomic E-state index is 13.5. The molecule has 22 heavy (non-hydrogen) atoms. The third kappa shape index (κ3) is 3.09. The lowest BCUT2D eigenvalue weighted by molar-refractivity contribution is 0.0935. The summed E-state index contributed by atoms with van der Waals surface area (Å²) in [5, 5.41) is 3.49. The molecule has 1 amide bonds. The van der Waals surface area contributed by atoms with Gasteiger partial charge in [-0.3, -0.25) is 4.79 Å². The van der Waals surface area contributed by atoms with Crippen molar-refractivity contribution in [1.29, 1.82) is 0 Å². The molecule has 6 heteroatoms. The van der Waals surface area contributed by atoms with Gasteiger partial charge in [0.15, 0.2) is 0 Å². The molecule has 3 rings (SSSR count). The molecule has 1 unspecified atom stereocenters. The second kappa shape index (κ2) is 6.49. The van der Waals surface area contributed by atoms with Crippen molar-refractivity contribution in [2.75, 3.05) is 5.75 Å². The Morgan fingerprint density at radius 2 is 2.09 bits per heavy atom. The Kier molecular flexibility index (Phi) is 4.62. The fourth-order valence-electron chi connectivity index (χ4n) is 2.43. The fourth-order valence-corrected chi connectivity index (χ4v) is 3.92. The van der Waals surface area contributed by atoms with Crippen molar-refractivity contribution >= 4 is 40.9 Å². The van der Waals surface area contributed by atoms with Gasteiger partial charge in [-0.25, -0.2) is 4.39 Å². The lowest BCUT2D eigenvalue weighted by Gasteiger charge is -2.26. The van der Waals surface area contributed by atoms with Gasteiger partial charge in [0.2, 0.25) is 0 Å². The number of fused-ring (bicyclic) bond motifs is 1. The van der Waals surface area contributed by atoms with E-state index in [0.717, 1.165) is 22.6 Å². The molecule has 0 radical (unpaired) electrons. The molecule has 0 fully saturated rings. The van der Waals surface area contributed by atoms with Gasteiger partial charge in [-0.15, -0.1) is 11.8 Å². The summed E-state index contributed by atoms with van der Waals surface area (Å²) in [6, 6.07) is 9.36. The first-order valence-corrected chi connectivity index (χ1v) is 8.47. The monoisotopic (exact) mass is 355 g/mol. The molecule has 0 aliphatic carbocycles. The summed E-state index contributed by atoms with van der Waals surface area (Å²) in [5.41, 5.74) is 1.13. The average molecular weight is 356 g/mol. The van der Waals surface area contributed by atoms with E-state index in [4.69, 9.17) is 23.2 Å². The molecule has 0 saturated carbocycles. The Bertz CT molecular complexity index is 738. The molecule has 2 nitrogen and oxygen atoms in total. The van der Waals surface area contributed by atoms with Crippen molar-refractivity contribution < 1.29 is 9.18 Å². The third-order valence-corrected chi connectivity index (χ3v) is 5.45. The van der Waals surface area contributed by atoms with Crippen molar-refractivity contribution in [3.8, 4) is 0 Å². The molecule has 1 aliphatic rings. The number of carbonyl (C=O) groups excluding carboxylic acids is 1. The maximum Gasteiger partial charge on any atom is 0.253 e. The zero-order valence-electron chi connectivity index (χ0n) is 11.4. The number of thioether (sulfide) groups is 1. The second-order valence-electron chi connectivity index (χ2n) is 4.95. The minimum absolute atomic E-state index is 0.227. The summed E-state index contributed by atoms with van der Waals surface area (Å²) in [7, 11) is 0. The Labute approximate surface area is 142 Å². The molecule has 2 aromatic rings. The summed E-state index contributed by atoms with van der Waals surface area (Å²) in [6.07, 6.45) is 0.741. The summed E-state index contributed by atoms with van der Waals surface area (Å²) < 4.78 is 13.5. The van der Waals surface area contributed by atoms with Crippen LogP contribution in [0.3, 0.4) is 0 Å². The summed E-state index contributed by atoms with van der Waals surface area (Å²) >= 11 is 13.7. The lowest BCUT2D eigenvalue weighted by atomic mass is 10.0. The van der Waals surface area contributed by atoms with Crippen LogP contribution in [0.2, 0.25) is 10.0 Å². The molecule has 1 heterocycles. The van der Waals surface area contributed by atoms with Crippen molar-refractivity contribution in [3.63, 3.8) is 0 Å². The summed E-state index contributed by atoms with van der Waals surface area (Å²) in [6.45, 7) is 0. The molecule has 1 atom stereocenters. The van der Waals surface area contributed by atoms with Crippen LogP contribution in [0.5, 0.6) is 0 Å². The van der Waals surface area contributed by atoms with Gasteiger partial charge in [0.05, 0.1) is 21.7 Å². The van der Waals surface area contributed by atoms with Crippen LogP contribution < -0.4 is 5.32 Å². The van der Waals surface area contributed by atoms with Crippen molar-refractivity contribution in [1.82, 2.24) is 5.32 Å². The van der Waals surface area contributed by atoms with Gasteiger partial charge in [-0.2, -0.15) is 0 Å². The van der Waals surface area contributed by atoms with Crippen LogP contribution in [-0.2, 0) is 0 Å². The Morgan fingerprint density at radius 3 is 2.91 bits per heavy atom. The molecule has 1 aliphatic heterocycles. The highest BCUT2D eigenvalue weighted by Gasteiger charge is 2.24. The van der Waals surface area contributed by atoms with E-state index < -0.39 is 0 Å². The minimum atomic E-state index is -0.306. The molecular weight excluding hydrogens is 344 g/mol. The summed E-state index contributed by atoms with van der Waals surface area (Å²) in [5.74, 6) is 0.258. The number of amides is 1. The smallest absolute Gasteiger partial charge is 0.253 e. The van der Waals surface area contributed by atoms with Crippen LogP contribution in [-0.4, -0.2) is 11.7 Å². The van der Waals surface area contributed by atoms with E-state index >= 15 is 0 Å². The molecule has 0 aromatic heterocycles. The topological polar surface area (TPSA) is 29.1 Å². The van der Waals surface area contributed by atoms with Crippen molar-refractivity contribution in [3.05, 3.63) is 63.4 Å². The standard InChI is InChI=1S/C16H12Cl2FNOS/c17-12-3-1-2-10(15(12)18)16(21)20-13-6-7-22-14-5-4-9(19)8-11(13)14/h1-5,8,13H,6-7H2,(H,20,21). The normalized spacial score (nSPS) is 17.0. The van der Waals surface area contributed by atoms with E-state index in [0.29, 0.717) is 10.6 Å². The van der Waals surface area contributed by atoms with Crippen LogP contribution in [0.25, 0.3) is 0 Å². The number of nitrogens with one attached hydrogen (secondary N) is 1. The van der Waals surface area contributed by atoms with Crippen LogP contribution >= 0.6 is 35.0 Å². The van der Waals surface area contributed by atoms with Crippen LogP contribution in [0.4, 0.5) is 4.39 Å². The van der Waals surface area contributed by atoms with E-state index in [2.05, 4.69) is 5.32 Å². The Hall–Kier alpha value is -1.23. The Morgan fingerprint density at radius 1 is 1.27 bits per heavy atom. The number of hydrogen-bond donors (Lipinski definition) is 1. The SMILES string of the molecule is O=C(NC1CCSc2ccc(F)cc21)c1cccc(Cl)c1Cl. The predicted octanol–water partition coefficient (Wildman–Crippen LogP) is 5.10. The quantitative estimate of drug-likeness (QED) is 0.811. The number of rotatable bonds is 2. The maximum atomic E-state index is 13.5. The van der Waals surface area contributed by atoms with Gasteiger partial charge in [-0.05, 0) is 42.3 Å². The van der Waals surface area contributed by atoms with E-state index in [9.17, 15) is 9.18 Å². The zero-order chi connectivity index (χ0) is 15.7. The zero-order valence-corrected chi connectivity index (χ0v) is 13.7.